The van der Waals surface area contributed by atoms with E-state index >= 15 is 0 Å². The molecule has 6 heteroatoms. The summed E-state index contributed by atoms with van der Waals surface area (Å²) in [6.07, 6.45) is 1.91. The van der Waals surface area contributed by atoms with Gasteiger partial charge in [0.1, 0.15) is 0 Å². The molecule has 0 radical (unpaired) electrons. The highest BCUT2D eigenvalue weighted by molar-refractivity contribution is 5.92. The summed E-state index contributed by atoms with van der Waals surface area (Å²) in [6, 6.07) is 7.94. The van der Waals surface area contributed by atoms with Crippen molar-refractivity contribution in [2.75, 3.05) is 13.2 Å². The number of carbonyl (C=O) groups is 3. The molecular formula is C21H29NO5. The average Bonchev–Trinajstić information content (AvgIpc) is 2.62. The first-order valence-corrected chi connectivity index (χ1v) is 9.15. The summed E-state index contributed by atoms with van der Waals surface area (Å²) in [4.78, 5) is 34.8. The van der Waals surface area contributed by atoms with Crippen molar-refractivity contribution in [1.82, 2.24) is 5.32 Å². The monoisotopic (exact) mass is 375 g/mol. The summed E-state index contributed by atoms with van der Waals surface area (Å²) in [5.74, 6) is -1.21. The molecule has 1 amide bonds. The average molecular weight is 375 g/mol. The van der Waals surface area contributed by atoms with E-state index in [1.807, 2.05) is 26.0 Å². The van der Waals surface area contributed by atoms with E-state index in [1.54, 1.807) is 6.92 Å². The third kappa shape index (κ3) is 8.07. The molecule has 27 heavy (non-hydrogen) atoms. The zero-order chi connectivity index (χ0) is 20.4. The molecule has 0 heterocycles. The molecular weight excluding hydrogens is 346 g/mol. The Kier molecular flexibility index (Phi) is 9.26. The molecule has 0 saturated heterocycles. The van der Waals surface area contributed by atoms with Crippen LogP contribution in [0.25, 0.3) is 0 Å². The van der Waals surface area contributed by atoms with Crippen LogP contribution in [0.1, 0.15) is 57.7 Å². The predicted molar refractivity (Wildman–Crippen MR) is 103 cm³/mol. The molecule has 0 bridgehead atoms. The molecule has 0 aromatic heterocycles. The second kappa shape index (κ2) is 11.2. The highest BCUT2D eigenvalue weighted by Gasteiger charge is 2.19. The maximum atomic E-state index is 12.1. The number of amides is 1. The van der Waals surface area contributed by atoms with Gasteiger partial charge in [0.25, 0.3) is 5.91 Å². The van der Waals surface area contributed by atoms with Crippen molar-refractivity contribution in [3.63, 3.8) is 0 Å². The summed E-state index contributed by atoms with van der Waals surface area (Å²) in [5, 5.41) is 2.89. The summed E-state index contributed by atoms with van der Waals surface area (Å²) >= 11 is 0. The van der Waals surface area contributed by atoms with Crippen molar-refractivity contribution in [2.24, 2.45) is 5.92 Å². The lowest BCUT2D eigenvalue weighted by molar-refractivity contribution is -0.144. The highest BCUT2D eigenvalue weighted by Crippen LogP contribution is 2.24. The maximum Gasteiger partial charge on any atom is 0.331 e. The van der Waals surface area contributed by atoms with Gasteiger partial charge in [-0.05, 0) is 29.9 Å². The van der Waals surface area contributed by atoms with Crippen LogP contribution >= 0.6 is 0 Å². The smallest absolute Gasteiger partial charge is 0.331 e. The van der Waals surface area contributed by atoms with E-state index in [0.717, 1.165) is 17.7 Å². The Balaban J connectivity index is 2.61. The third-order valence-corrected chi connectivity index (χ3v) is 3.93. The summed E-state index contributed by atoms with van der Waals surface area (Å²) in [5.41, 5.74) is 2.23. The molecule has 0 aliphatic carbocycles. The van der Waals surface area contributed by atoms with Crippen LogP contribution in [0.15, 0.2) is 36.4 Å². The number of nitrogens with one attached hydrogen (secondary N) is 1. The first-order chi connectivity index (χ1) is 12.7. The third-order valence-electron chi connectivity index (χ3n) is 3.93. The van der Waals surface area contributed by atoms with Gasteiger partial charge in [0.05, 0.1) is 12.6 Å². The van der Waals surface area contributed by atoms with Crippen molar-refractivity contribution in [1.29, 1.82) is 0 Å². The molecule has 148 valence electrons. The van der Waals surface area contributed by atoms with E-state index < -0.39 is 24.5 Å². The molecule has 1 N–H and O–H groups in total. The van der Waals surface area contributed by atoms with E-state index in [1.165, 1.54) is 5.56 Å². The van der Waals surface area contributed by atoms with Crippen molar-refractivity contribution in [3.05, 3.63) is 47.5 Å². The second-order valence-corrected chi connectivity index (χ2v) is 6.80. The van der Waals surface area contributed by atoms with Gasteiger partial charge in [-0.1, -0.05) is 52.0 Å². The van der Waals surface area contributed by atoms with E-state index in [4.69, 9.17) is 4.74 Å². The molecule has 0 aliphatic heterocycles. The molecule has 0 spiro atoms. The van der Waals surface area contributed by atoms with Gasteiger partial charge in [0.15, 0.2) is 6.61 Å². The lowest BCUT2D eigenvalue weighted by Crippen LogP contribution is -2.34. The number of hydrogen-bond donors (Lipinski definition) is 1. The van der Waals surface area contributed by atoms with Crippen LogP contribution in [0, 0.1) is 5.92 Å². The summed E-state index contributed by atoms with van der Waals surface area (Å²) in [6.45, 7) is 9.73. The molecule has 1 rings (SSSR count). The Labute approximate surface area is 160 Å². The van der Waals surface area contributed by atoms with Crippen LogP contribution in [0.5, 0.6) is 0 Å². The van der Waals surface area contributed by atoms with Crippen LogP contribution in [-0.2, 0) is 23.9 Å². The molecule has 0 fully saturated rings. The lowest BCUT2D eigenvalue weighted by atomic mass is 9.93. The zero-order valence-electron chi connectivity index (χ0n) is 16.7. The normalized spacial score (nSPS) is 12.3. The first-order valence-electron chi connectivity index (χ1n) is 9.15. The number of ether oxygens (including phenoxy) is 2. The lowest BCUT2D eigenvalue weighted by Gasteiger charge is -2.23. The maximum absolute atomic E-state index is 12.1. The van der Waals surface area contributed by atoms with E-state index in [9.17, 15) is 14.4 Å². The molecule has 1 aromatic carbocycles. The van der Waals surface area contributed by atoms with E-state index in [2.05, 4.69) is 36.0 Å². The van der Waals surface area contributed by atoms with Crippen molar-refractivity contribution < 1.29 is 23.9 Å². The van der Waals surface area contributed by atoms with E-state index in [-0.39, 0.29) is 18.6 Å². The topological polar surface area (TPSA) is 81.7 Å². The number of benzene rings is 1. The van der Waals surface area contributed by atoms with Crippen molar-refractivity contribution >= 4 is 17.8 Å². The quantitative estimate of drug-likeness (QED) is 0.529. The van der Waals surface area contributed by atoms with E-state index in [0.29, 0.717) is 5.92 Å². The Hall–Kier alpha value is -2.63. The van der Waals surface area contributed by atoms with Gasteiger partial charge in [0, 0.05) is 12.2 Å². The fraction of sp³-hybridized carbons (Fsp3) is 0.476. The van der Waals surface area contributed by atoms with Crippen LogP contribution < -0.4 is 5.32 Å². The van der Waals surface area contributed by atoms with Crippen LogP contribution in [0.3, 0.4) is 0 Å². The fourth-order valence-corrected chi connectivity index (χ4v) is 2.45. The van der Waals surface area contributed by atoms with Gasteiger partial charge >= 0.3 is 11.9 Å². The molecule has 0 saturated carbocycles. The molecule has 1 atom stereocenters. The Bertz CT molecular complexity index is 662. The van der Waals surface area contributed by atoms with Crippen molar-refractivity contribution in [2.45, 2.75) is 46.6 Å². The minimum atomic E-state index is -0.777. The van der Waals surface area contributed by atoms with Gasteiger partial charge in [-0.3, -0.25) is 4.79 Å². The molecule has 6 nitrogen and oxygen atoms in total. The summed E-state index contributed by atoms with van der Waals surface area (Å²) in [7, 11) is 0. The Morgan fingerprint density at radius 3 is 1.93 bits per heavy atom. The minimum Gasteiger partial charge on any atom is -0.463 e. The summed E-state index contributed by atoms with van der Waals surface area (Å²) < 4.78 is 9.51. The van der Waals surface area contributed by atoms with Crippen LogP contribution in [0.4, 0.5) is 0 Å². The fourth-order valence-electron chi connectivity index (χ4n) is 2.45. The Morgan fingerprint density at radius 2 is 1.44 bits per heavy atom. The highest BCUT2D eigenvalue weighted by atomic mass is 16.5. The molecule has 0 aliphatic rings. The second-order valence-electron chi connectivity index (χ2n) is 6.80. The predicted octanol–water partition coefficient (Wildman–Crippen LogP) is 3.29. The van der Waals surface area contributed by atoms with Gasteiger partial charge in [-0.15, -0.1) is 0 Å². The minimum absolute atomic E-state index is 0.165. The number of hydrogen-bond acceptors (Lipinski definition) is 5. The number of esters is 2. The number of carbonyl (C=O) groups excluding carboxylic acids is 3. The SMILES string of the molecule is CCOC(=O)/C=C/C(=O)OCC(=O)N[C@@H](c1ccc(C(C)C)cc1)C(C)C. The standard InChI is InChI=1S/C21H29NO5/c1-6-26-19(24)11-12-20(25)27-13-18(23)22-21(15(4)5)17-9-7-16(8-10-17)14(2)3/h7-12,14-15,21H,6,13H2,1-5H3,(H,22,23)/b12-11+/t21-/m1/s1. The van der Waals surface area contributed by atoms with Gasteiger partial charge < -0.3 is 14.8 Å². The molecule has 1 aromatic rings. The van der Waals surface area contributed by atoms with Gasteiger partial charge in [0.2, 0.25) is 0 Å². The van der Waals surface area contributed by atoms with Crippen molar-refractivity contribution in [3.8, 4) is 0 Å². The van der Waals surface area contributed by atoms with Gasteiger partial charge in [-0.25, -0.2) is 9.59 Å². The van der Waals surface area contributed by atoms with Gasteiger partial charge in [-0.2, -0.15) is 0 Å². The zero-order valence-corrected chi connectivity index (χ0v) is 16.7. The van der Waals surface area contributed by atoms with Crippen LogP contribution in [-0.4, -0.2) is 31.1 Å². The first kappa shape index (κ1) is 22.4. The molecule has 0 unspecified atom stereocenters. The Morgan fingerprint density at radius 1 is 0.926 bits per heavy atom. The number of rotatable bonds is 9. The van der Waals surface area contributed by atoms with Crippen LogP contribution in [0.2, 0.25) is 0 Å². The largest absolute Gasteiger partial charge is 0.463 e.